The van der Waals surface area contributed by atoms with E-state index >= 15 is 0 Å². The average molecular weight is 522 g/mol. The molecule has 1 fully saturated rings. The molecule has 208 valence electrons. The van der Waals surface area contributed by atoms with Crippen molar-refractivity contribution in [2.24, 2.45) is 0 Å². The standard InChI is InChI=1S/C18H24F2N6.C7H15NO.C2H6/c1-11(19)8-9-14(12(2)20)23-18-24-15-10-21-17(25-16(15)26-18)22-13-6-4-3-5-7-13;1-4-6-8(5-2)7(3)9;1-2/h8-10,12-13H,3-7H2,1-2H3,(H3,21,22,23,24,25,26);4-6H2,1-3H3;1-2H3/b11-8+,14-9+;;. The maximum absolute atomic E-state index is 13.7. The van der Waals surface area contributed by atoms with Crippen LogP contribution in [0.1, 0.15) is 87.0 Å². The van der Waals surface area contributed by atoms with Crippen molar-refractivity contribution in [1.82, 2.24) is 24.8 Å². The summed E-state index contributed by atoms with van der Waals surface area (Å²) < 4.78 is 26.6. The number of alkyl halides is 1. The van der Waals surface area contributed by atoms with E-state index in [1.807, 2.05) is 25.7 Å². The Balaban J connectivity index is 0.000000529. The molecule has 3 rings (SSSR count). The highest BCUT2D eigenvalue weighted by Gasteiger charge is 2.15. The summed E-state index contributed by atoms with van der Waals surface area (Å²) in [4.78, 5) is 28.6. The number of rotatable bonds is 9. The molecule has 0 aliphatic heterocycles. The molecule has 2 heterocycles. The number of imidazole rings is 1. The fraction of sp³-hybridized carbons (Fsp3) is 0.630. The van der Waals surface area contributed by atoms with E-state index in [1.165, 1.54) is 45.3 Å². The molecule has 1 aliphatic rings. The summed E-state index contributed by atoms with van der Waals surface area (Å²) in [6.45, 7) is 14.1. The minimum Gasteiger partial charge on any atom is -0.351 e. The van der Waals surface area contributed by atoms with Crippen molar-refractivity contribution in [2.45, 2.75) is 99.2 Å². The lowest BCUT2D eigenvalue weighted by Gasteiger charge is -2.22. The van der Waals surface area contributed by atoms with E-state index < -0.39 is 12.0 Å². The number of aromatic nitrogens is 4. The molecule has 1 atom stereocenters. The van der Waals surface area contributed by atoms with Crippen LogP contribution in [0.5, 0.6) is 0 Å². The zero-order chi connectivity index (χ0) is 27.8. The lowest BCUT2D eigenvalue weighted by molar-refractivity contribution is -0.128. The Morgan fingerprint density at radius 2 is 1.86 bits per heavy atom. The van der Waals surface area contributed by atoms with Gasteiger partial charge in [-0.3, -0.25) is 4.79 Å². The maximum atomic E-state index is 13.7. The largest absolute Gasteiger partial charge is 0.351 e. The van der Waals surface area contributed by atoms with Gasteiger partial charge in [0.1, 0.15) is 11.7 Å². The molecule has 2 aromatic rings. The number of hydrogen-bond acceptors (Lipinski definition) is 6. The molecule has 0 bridgehead atoms. The highest BCUT2D eigenvalue weighted by Crippen LogP contribution is 2.21. The van der Waals surface area contributed by atoms with Crippen molar-refractivity contribution in [2.75, 3.05) is 23.7 Å². The molecule has 0 radical (unpaired) electrons. The topological polar surface area (TPSA) is 98.8 Å². The van der Waals surface area contributed by atoms with Gasteiger partial charge in [0.2, 0.25) is 17.8 Å². The van der Waals surface area contributed by atoms with Crippen LogP contribution >= 0.6 is 0 Å². The summed E-state index contributed by atoms with van der Waals surface area (Å²) in [6, 6.07) is 0.399. The van der Waals surface area contributed by atoms with E-state index in [2.05, 4.69) is 37.5 Å². The monoisotopic (exact) mass is 521 g/mol. The maximum Gasteiger partial charge on any atom is 0.225 e. The zero-order valence-electron chi connectivity index (χ0n) is 23.5. The summed E-state index contributed by atoms with van der Waals surface area (Å²) in [5.41, 5.74) is 1.34. The third-order valence-electron chi connectivity index (χ3n) is 5.68. The van der Waals surface area contributed by atoms with Gasteiger partial charge in [-0.2, -0.15) is 9.97 Å². The van der Waals surface area contributed by atoms with Gasteiger partial charge >= 0.3 is 0 Å². The summed E-state index contributed by atoms with van der Waals surface area (Å²) >= 11 is 0. The van der Waals surface area contributed by atoms with Gasteiger partial charge in [0.25, 0.3) is 0 Å². The first-order chi connectivity index (χ1) is 17.7. The van der Waals surface area contributed by atoms with Gasteiger partial charge < -0.3 is 20.5 Å². The Bertz CT molecular complexity index is 994. The number of anilines is 2. The van der Waals surface area contributed by atoms with Crippen LogP contribution in [0.4, 0.5) is 20.7 Å². The smallest absolute Gasteiger partial charge is 0.225 e. The molecule has 0 spiro atoms. The van der Waals surface area contributed by atoms with E-state index in [-0.39, 0.29) is 11.6 Å². The molecule has 0 saturated heterocycles. The van der Waals surface area contributed by atoms with Crippen LogP contribution in [0.3, 0.4) is 0 Å². The van der Waals surface area contributed by atoms with Crippen LogP contribution in [0.25, 0.3) is 11.2 Å². The second-order valence-electron chi connectivity index (χ2n) is 8.71. The number of hydrogen-bond donors (Lipinski definition) is 3. The first-order valence-corrected chi connectivity index (χ1v) is 13.4. The molecular formula is C27H45F2N7O. The van der Waals surface area contributed by atoms with E-state index in [1.54, 1.807) is 13.1 Å². The van der Waals surface area contributed by atoms with Gasteiger partial charge in [0.15, 0.2) is 5.65 Å². The average Bonchev–Trinajstić information content (AvgIpc) is 3.28. The molecule has 1 saturated carbocycles. The summed E-state index contributed by atoms with van der Waals surface area (Å²) in [6.07, 6.45) is 9.94. The fourth-order valence-electron chi connectivity index (χ4n) is 3.79. The third-order valence-corrected chi connectivity index (χ3v) is 5.68. The highest BCUT2D eigenvalue weighted by molar-refractivity contribution is 5.74. The summed E-state index contributed by atoms with van der Waals surface area (Å²) in [5, 5.41) is 6.20. The highest BCUT2D eigenvalue weighted by atomic mass is 19.1. The van der Waals surface area contributed by atoms with E-state index in [4.69, 9.17) is 0 Å². The molecule has 37 heavy (non-hydrogen) atoms. The first kappa shape index (κ1) is 32.0. The summed E-state index contributed by atoms with van der Waals surface area (Å²) in [7, 11) is 0. The SMILES string of the molecule is C/C(F)=C\C=C(\Nc1nc2nc(NC3CCCCC3)ncc2[nH]1)C(C)F.CC.CCCN(CC)C(C)=O. The number of H-pyrrole nitrogens is 1. The van der Waals surface area contributed by atoms with Gasteiger partial charge in [-0.25, -0.2) is 13.8 Å². The Kier molecular flexibility index (Phi) is 15.1. The number of amides is 1. The number of allylic oxidation sites excluding steroid dienone is 4. The number of halogens is 2. The van der Waals surface area contributed by atoms with Gasteiger partial charge in [0, 0.05) is 26.1 Å². The second-order valence-corrected chi connectivity index (χ2v) is 8.71. The fourth-order valence-corrected chi connectivity index (χ4v) is 3.79. The van der Waals surface area contributed by atoms with Crippen molar-refractivity contribution in [3.05, 3.63) is 29.9 Å². The lowest BCUT2D eigenvalue weighted by atomic mass is 9.96. The number of nitrogens with one attached hydrogen (secondary N) is 3. The third kappa shape index (κ3) is 11.7. The van der Waals surface area contributed by atoms with Crippen LogP contribution in [0.15, 0.2) is 29.9 Å². The van der Waals surface area contributed by atoms with Crippen LogP contribution in [-0.4, -0.2) is 56.0 Å². The normalized spacial score (nSPS) is 15.2. The van der Waals surface area contributed by atoms with Crippen LogP contribution in [0, 0.1) is 0 Å². The number of carbonyl (C=O) groups is 1. The Morgan fingerprint density at radius 3 is 2.38 bits per heavy atom. The van der Waals surface area contributed by atoms with Gasteiger partial charge in [-0.15, -0.1) is 0 Å². The van der Waals surface area contributed by atoms with Crippen LogP contribution in [-0.2, 0) is 4.79 Å². The molecule has 10 heteroatoms. The van der Waals surface area contributed by atoms with Gasteiger partial charge in [-0.1, -0.05) is 40.0 Å². The molecule has 0 aromatic carbocycles. The number of carbonyl (C=O) groups excluding carboxylic acids is 1. The molecule has 8 nitrogen and oxygen atoms in total. The number of nitrogens with zero attached hydrogens (tertiary/aromatic N) is 4. The summed E-state index contributed by atoms with van der Waals surface area (Å²) in [5.74, 6) is 0.663. The van der Waals surface area contributed by atoms with E-state index in [9.17, 15) is 13.6 Å². The molecular weight excluding hydrogens is 476 g/mol. The molecule has 1 unspecified atom stereocenters. The lowest BCUT2D eigenvalue weighted by Crippen LogP contribution is -2.28. The second kappa shape index (κ2) is 17.4. The first-order valence-electron chi connectivity index (χ1n) is 13.4. The Labute approximate surface area is 220 Å². The van der Waals surface area contributed by atoms with Crippen LogP contribution in [0.2, 0.25) is 0 Å². The van der Waals surface area contributed by atoms with Gasteiger partial charge in [0.05, 0.1) is 17.7 Å². The zero-order valence-corrected chi connectivity index (χ0v) is 23.5. The predicted molar refractivity (Wildman–Crippen MR) is 149 cm³/mol. The molecule has 2 aromatic heterocycles. The van der Waals surface area contributed by atoms with Crippen LogP contribution < -0.4 is 10.6 Å². The number of aromatic amines is 1. The Hall–Kier alpha value is -3.04. The van der Waals surface area contributed by atoms with Crippen molar-refractivity contribution >= 4 is 29.0 Å². The van der Waals surface area contributed by atoms with Crippen molar-refractivity contribution in [3.63, 3.8) is 0 Å². The minimum atomic E-state index is -1.30. The molecule has 1 amide bonds. The van der Waals surface area contributed by atoms with E-state index in [0.717, 1.165) is 32.4 Å². The Morgan fingerprint density at radius 1 is 1.19 bits per heavy atom. The quantitative estimate of drug-likeness (QED) is 0.310. The van der Waals surface area contributed by atoms with Crippen molar-refractivity contribution in [1.29, 1.82) is 0 Å². The molecule has 1 aliphatic carbocycles. The van der Waals surface area contributed by atoms with E-state index in [0.29, 0.717) is 29.1 Å². The molecule has 3 N–H and O–H groups in total. The van der Waals surface area contributed by atoms with Crippen molar-refractivity contribution in [3.8, 4) is 0 Å². The van der Waals surface area contributed by atoms with Crippen molar-refractivity contribution < 1.29 is 13.6 Å². The van der Waals surface area contributed by atoms with Gasteiger partial charge in [-0.05, 0) is 52.2 Å². The number of fused-ring (bicyclic) bond motifs is 1. The predicted octanol–water partition coefficient (Wildman–Crippen LogP) is 6.92. The minimum absolute atomic E-state index is 0.180.